The number of likely N-dealkylation sites (N-methyl/N-ethyl adjacent to an activating group) is 1. The van der Waals surface area contributed by atoms with E-state index >= 15 is 0 Å². The zero-order chi connectivity index (χ0) is 15.1. The molecule has 0 radical (unpaired) electrons. The predicted octanol–water partition coefficient (Wildman–Crippen LogP) is 0.359. The minimum absolute atomic E-state index is 0.156. The van der Waals surface area contributed by atoms with E-state index < -0.39 is 0 Å². The van der Waals surface area contributed by atoms with E-state index in [1.165, 1.54) is 0 Å². The summed E-state index contributed by atoms with van der Waals surface area (Å²) in [4.78, 5) is 13.9. The zero-order valence-corrected chi connectivity index (χ0v) is 12.6. The topological polar surface area (TPSA) is 79.4 Å². The monoisotopic (exact) mass is 293 g/mol. The Kier molecular flexibility index (Phi) is 5.89. The average molecular weight is 293 g/mol. The van der Waals surface area contributed by atoms with Gasteiger partial charge in [0.05, 0.1) is 12.7 Å². The second kappa shape index (κ2) is 7.90. The summed E-state index contributed by atoms with van der Waals surface area (Å²) in [7, 11) is 0. The molecule has 1 aromatic heterocycles. The van der Waals surface area contributed by atoms with E-state index in [-0.39, 0.29) is 12.0 Å². The van der Waals surface area contributed by atoms with Crippen molar-refractivity contribution in [2.75, 3.05) is 44.6 Å². The normalized spacial score (nSPS) is 19.2. The molecule has 2 heterocycles. The number of hydrogen-bond donors (Lipinski definition) is 2. The van der Waals surface area contributed by atoms with Gasteiger partial charge in [0.1, 0.15) is 5.82 Å². The number of rotatable bonds is 6. The molecule has 1 saturated heterocycles. The molecule has 1 amide bonds. The Bertz CT molecular complexity index is 451. The van der Waals surface area contributed by atoms with Gasteiger partial charge in [0.25, 0.3) is 5.91 Å². The number of carbonyl (C=O) groups is 1. The van der Waals surface area contributed by atoms with Crippen LogP contribution < -0.4 is 10.6 Å². The number of ether oxygens (including phenoxy) is 1. The maximum Gasteiger partial charge on any atom is 0.271 e. The van der Waals surface area contributed by atoms with Crippen molar-refractivity contribution in [3.8, 4) is 0 Å². The van der Waals surface area contributed by atoms with Gasteiger partial charge in [-0.15, -0.1) is 10.2 Å². The number of amides is 1. The van der Waals surface area contributed by atoms with Crippen LogP contribution in [0.2, 0.25) is 0 Å². The summed E-state index contributed by atoms with van der Waals surface area (Å²) in [5.41, 5.74) is 0.327. The molecule has 1 atom stereocenters. The molecule has 2 rings (SSSR count). The van der Waals surface area contributed by atoms with Crippen molar-refractivity contribution in [1.29, 1.82) is 0 Å². The van der Waals surface area contributed by atoms with Gasteiger partial charge in [0.15, 0.2) is 5.69 Å². The largest absolute Gasteiger partial charge is 0.374 e. The van der Waals surface area contributed by atoms with Gasteiger partial charge < -0.3 is 15.4 Å². The van der Waals surface area contributed by atoms with Crippen LogP contribution in [-0.2, 0) is 4.74 Å². The lowest BCUT2D eigenvalue weighted by molar-refractivity contribution is -0.0192. The number of hydrogen-bond acceptors (Lipinski definition) is 6. The quantitative estimate of drug-likeness (QED) is 0.788. The third-order valence-corrected chi connectivity index (χ3v) is 3.42. The van der Waals surface area contributed by atoms with Crippen LogP contribution in [0.5, 0.6) is 0 Å². The van der Waals surface area contributed by atoms with Crippen LogP contribution >= 0.6 is 0 Å². The maximum absolute atomic E-state index is 11.6. The smallest absolute Gasteiger partial charge is 0.271 e. The van der Waals surface area contributed by atoms with E-state index in [1.807, 2.05) is 6.92 Å². The molecule has 1 aliphatic heterocycles. The Hall–Kier alpha value is -1.73. The minimum atomic E-state index is -0.203. The van der Waals surface area contributed by atoms with Gasteiger partial charge in [-0.2, -0.15) is 0 Å². The van der Waals surface area contributed by atoms with E-state index in [9.17, 15) is 4.79 Å². The first kappa shape index (κ1) is 15.7. The van der Waals surface area contributed by atoms with Gasteiger partial charge >= 0.3 is 0 Å². The zero-order valence-electron chi connectivity index (χ0n) is 12.6. The Morgan fingerprint density at radius 3 is 2.95 bits per heavy atom. The van der Waals surface area contributed by atoms with E-state index in [0.717, 1.165) is 26.2 Å². The second-order valence-electron chi connectivity index (χ2n) is 4.93. The van der Waals surface area contributed by atoms with Crippen molar-refractivity contribution in [1.82, 2.24) is 20.4 Å². The molecular weight excluding hydrogens is 270 g/mol. The molecule has 0 saturated carbocycles. The lowest BCUT2D eigenvalue weighted by Crippen LogP contribution is -2.45. The lowest BCUT2D eigenvalue weighted by atomic mass is 10.2. The van der Waals surface area contributed by atoms with Gasteiger partial charge in [0, 0.05) is 26.2 Å². The lowest BCUT2D eigenvalue weighted by Gasteiger charge is -2.32. The number of aromatic nitrogens is 2. The molecule has 0 bridgehead atoms. The highest BCUT2D eigenvalue weighted by Crippen LogP contribution is 2.07. The van der Waals surface area contributed by atoms with E-state index in [4.69, 9.17) is 4.74 Å². The van der Waals surface area contributed by atoms with Crippen molar-refractivity contribution < 1.29 is 9.53 Å². The summed E-state index contributed by atoms with van der Waals surface area (Å²) < 4.78 is 5.71. The van der Waals surface area contributed by atoms with Gasteiger partial charge in [0.2, 0.25) is 0 Å². The molecule has 1 aliphatic rings. The van der Waals surface area contributed by atoms with Crippen LogP contribution in [0, 0.1) is 0 Å². The van der Waals surface area contributed by atoms with Crippen LogP contribution in [0.15, 0.2) is 12.1 Å². The predicted molar refractivity (Wildman–Crippen MR) is 80.4 cm³/mol. The fourth-order valence-corrected chi connectivity index (χ4v) is 2.21. The Balaban J connectivity index is 1.82. The number of morpholine rings is 1. The van der Waals surface area contributed by atoms with Gasteiger partial charge in [-0.05, 0) is 25.6 Å². The second-order valence-corrected chi connectivity index (χ2v) is 4.93. The first-order chi connectivity index (χ1) is 10.2. The fourth-order valence-electron chi connectivity index (χ4n) is 2.21. The van der Waals surface area contributed by atoms with Crippen LogP contribution in [0.3, 0.4) is 0 Å². The Labute approximate surface area is 125 Å². The van der Waals surface area contributed by atoms with Gasteiger partial charge in [-0.3, -0.25) is 9.69 Å². The van der Waals surface area contributed by atoms with E-state index in [0.29, 0.717) is 24.6 Å². The molecule has 2 N–H and O–H groups in total. The summed E-state index contributed by atoms with van der Waals surface area (Å²) in [6.45, 7) is 9.01. The molecule has 7 heteroatoms. The van der Waals surface area contributed by atoms with Crippen molar-refractivity contribution in [3.05, 3.63) is 17.8 Å². The minimum Gasteiger partial charge on any atom is -0.374 e. The van der Waals surface area contributed by atoms with Crippen molar-refractivity contribution in [3.63, 3.8) is 0 Å². The number of nitrogens with one attached hydrogen (secondary N) is 2. The summed E-state index contributed by atoms with van der Waals surface area (Å²) in [5, 5.41) is 13.8. The molecule has 1 unspecified atom stereocenters. The summed E-state index contributed by atoms with van der Waals surface area (Å²) in [6, 6.07) is 3.43. The molecule has 0 aromatic carbocycles. The molecule has 7 nitrogen and oxygen atoms in total. The highest BCUT2D eigenvalue weighted by molar-refractivity contribution is 5.92. The summed E-state index contributed by atoms with van der Waals surface area (Å²) in [5.74, 6) is 0.450. The highest BCUT2D eigenvalue weighted by Gasteiger charge is 2.19. The first-order valence-corrected chi connectivity index (χ1v) is 7.42. The molecular formula is C14H23N5O2. The van der Waals surface area contributed by atoms with Crippen LogP contribution in [0.4, 0.5) is 5.82 Å². The summed E-state index contributed by atoms with van der Waals surface area (Å²) in [6.07, 6.45) is 0.156. The van der Waals surface area contributed by atoms with Gasteiger partial charge in [-0.25, -0.2) is 0 Å². The first-order valence-electron chi connectivity index (χ1n) is 7.42. The third-order valence-electron chi connectivity index (χ3n) is 3.42. The van der Waals surface area contributed by atoms with E-state index in [1.54, 1.807) is 12.1 Å². The molecule has 1 aromatic rings. The SMILES string of the molecule is CCNC(=O)c1ccc(NCC2CN(CC)CCO2)nn1. The number of anilines is 1. The molecule has 116 valence electrons. The molecule has 0 aliphatic carbocycles. The van der Waals surface area contributed by atoms with Crippen molar-refractivity contribution in [2.45, 2.75) is 20.0 Å². The average Bonchev–Trinajstić information content (AvgIpc) is 2.54. The highest BCUT2D eigenvalue weighted by atomic mass is 16.5. The molecule has 1 fully saturated rings. The third kappa shape index (κ3) is 4.64. The summed E-state index contributed by atoms with van der Waals surface area (Å²) >= 11 is 0. The van der Waals surface area contributed by atoms with Crippen molar-refractivity contribution in [2.24, 2.45) is 0 Å². The molecule has 21 heavy (non-hydrogen) atoms. The van der Waals surface area contributed by atoms with E-state index in [2.05, 4.69) is 32.7 Å². The van der Waals surface area contributed by atoms with Crippen LogP contribution in [0.25, 0.3) is 0 Å². The Morgan fingerprint density at radius 2 is 2.29 bits per heavy atom. The fraction of sp³-hybridized carbons (Fsp3) is 0.643. The Morgan fingerprint density at radius 1 is 1.43 bits per heavy atom. The standard InChI is InChI=1S/C14H23N5O2/c1-3-15-14(20)12-5-6-13(18-17-12)16-9-11-10-19(4-2)7-8-21-11/h5-6,11H,3-4,7-10H2,1-2H3,(H,15,20)(H,16,18). The van der Waals surface area contributed by atoms with Crippen LogP contribution in [-0.4, -0.2) is 66.4 Å². The maximum atomic E-state index is 11.6. The molecule has 0 spiro atoms. The van der Waals surface area contributed by atoms with Crippen molar-refractivity contribution >= 4 is 11.7 Å². The van der Waals surface area contributed by atoms with Crippen LogP contribution in [0.1, 0.15) is 24.3 Å². The number of carbonyl (C=O) groups excluding carboxylic acids is 1. The van der Waals surface area contributed by atoms with Gasteiger partial charge in [-0.1, -0.05) is 6.92 Å². The number of nitrogens with zero attached hydrogens (tertiary/aromatic N) is 3.